The summed E-state index contributed by atoms with van der Waals surface area (Å²) in [6.07, 6.45) is 3.25. The normalized spacial score (nSPS) is 11.4. The maximum absolute atomic E-state index is 11.9. The molecule has 19 heavy (non-hydrogen) atoms. The molecule has 0 aliphatic carbocycles. The van der Waals surface area contributed by atoms with Gasteiger partial charge in [-0.05, 0) is 23.1 Å². The Balaban J connectivity index is 2.10. The van der Waals surface area contributed by atoms with E-state index in [9.17, 15) is 4.79 Å². The number of benzene rings is 1. The van der Waals surface area contributed by atoms with Crippen molar-refractivity contribution >= 4 is 11.6 Å². The molecule has 4 nitrogen and oxygen atoms in total. The molecule has 1 aromatic carbocycles. The molecule has 4 heteroatoms. The van der Waals surface area contributed by atoms with Crippen LogP contribution in [0.25, 0.3) is 0 Å². The second-order valence-electron chi connectivity index (χ2n) is 5.68. The number of carbonyl (C=O) groups excluding carboxylic acids is 1. The van der Waals surface area contributed by atoms with E-state index in [0.29, 0.717) is 5.56 Å². The highest BCUT2D eigenvalue weighted by molar-refractivity contribution is 6.03. The molecule has 100 valence electrons. The van der Waals surface area contributed by atoms with Crippen molar-refractivity contribution in [3.05, 3.63) is 47.8 Å². The zero-order chi connectivity index (χ0) is 14.0. The Labute approximate surface area is 113 Å². The summed E-state index contributed by atoms with van der Waals surface area (Å²) in [5.74, 6) is -0.142. The average Bonchev–Trinajstić information content (AvgIpc) is 2.75. The average molecular weight is 257 g/mol. The van der Waals surface area contributed by atoms with E-state index in [0.717, 1.165) is 5.69 Å². The molecule has 0 saturated carbocycles. The van der Waals surface area contributed by atoms with E-state index >= 15 is 0 Å². The Morgan fingerprint density at radius 2 is 1.84 bits per heavy atom. The lowest BCUT2D eigenvalue weighted by molar-refractivity contribution is 0.102. The first kappa shape index (κ1) is 13.3. The van der Waals surface area contributed by atoms with Crippen molar-refractivity contribution in [2.75, 3.05) is 5.32 Å². The second-order valence-corrected chi connectivity index (χ2v) is 5.68. The first-order valence-electron chi connectivity index (χ1n) is 6.27. The lowest BCUT2D eigenvalue weighted by Crippen LogP contribution is -2.13. The lowest BCUT2D eigenvalue weighted by Gasteiger charge is -2.19. The molecule has 0 aliphatic heterocycles. The summed E-state index contributed by atoms with van der Waals surface area (Å²) >= 11 is 0. The smallest absolute Gasteiger partial charge is 0.258 e. The van der Waals surface area contributed by atoms with Crippen LogP contribution in [0.15, 0.2) is 36.7 Å². The van der Waals surface area contributed by atoms with Crippen molar-refractivity contribution in [1.29, 1.82) is 0 Å². The summed E-state index contributed by atoms with van der Waals surface area (Å²) in [5, 5.41) is 6.84. The number of anilines is 1. The van der Waals surface area contributed by atoms with Crippen LogP contribution in [-0.2, 0) is 12.5 Å². The van der Waals surface area contributed by atoms with Crippen LogP contribution in [0, 0.1) is 0 Å². The maximum Gasteiger partial charge on any atom is 0.258 e. The van der Waals surface area contributed by atoms with Gasteiger partial charge in [0.2, 0.25) is 0 Å². The summed E-state index contributed by atoms with van der Waals surface area (Å²) in [6.45, 7) is 6.49. The lowest BCUT2D eigenvalue weighted by atomic mass is 9.87. The Hall–Kier alpha value is -2.10. The topological polar surface area (TPSA) is 46.9 Å². The van der Waals surface area contributed by atoms with Crippen LogP contribution >= 0.6 is 0 Å². The van der Waals surface area contributed by atoms with E-state index in [1.54, 1.807) is 24.1 Å². The van der Waals surface area contributed by atoms with Crippen LogP contribution in [0.5, 0.6) is 0 Å². The molecular formula is C15H19N3O. The molecule has 0 saturated heterocycles. The predicted octanol–water partition coefficient (Wildman–Crippen LogP) is 2.97. The molecule has 1 aromatic heterocycles. The van der Waals surface area contributed by atoms with E-state index in [1.165, 1.54) is 5.56 Å². The quantitative estimate of drug-likeness (QED) is 0.899. The van der Waals surface area contributed by atoms with Crippen LogP contribution in [0.1, 0.15) is 36.7 Å². The number of aryl methyl sites for hydroxylation is 1. The highest BCUT2D eigenvalue weighted by Gasteiger charge is 2.13. The Morgan fingerprint density at radius 1 is 1.21 bits per heavy atom. The predicted molar refractivity (Wildman–Crippen MR) is 76.3 cm³/mol. The molecule has 0 fully saturated rings. The van der Waals surface area contributed by atoms with Gasteiger partial charge in [-0.3, -0.25) is 9.48 Å². The minimum Gasteiger partial charge on any atom is -0.322 e. The SMILES string of the molecule is Cn1cc(C(=O)Nc2ccc(C(C)(C)C)cc2)cn1. The minimum atomic E-state index is -0.142. The Bertz CT molecular complexity index is 576. The highest BCUT2D eigenvalue weighted by atomic mass is 16.1. The summed E-state index contributed by atoms with van der Waals surface area (Å²) in [4.78, 5) is 11.9. The molecule has 1 N–H and O–H groups in total. The molecule has 0 spiro atoms. The van der Waals surface area contributed by atoms with Crippen molar-refractivity contribution in [2.45, 2.75) is 26.2 Å². The number of rotatable bonds is 2. The highest BCUT2D eigenvalue weighted by Crippen LogP contribution is 2.23. The largest absolute Gasteiger partial charge is 0.322 e. The second kappa shape index (κ2) is 4.88. The number of hydrogen-bond acceptors (Lipinski definition) is 2. The fraction of sp³-hybridized carbons (Fsp3) is 0.333. The zero-order valence-electron chi connectivity index (χ0n) is 11.8. The molecule has 1 heterocycles. The third kappa shape index (κ3) is 3.22. The number of hydrogen-bond donors (Lipinski definition) is 1. The number of nitrogens with zero attached hydrogens (tertiary/aromatic N) is 2. The molecule has 0 bridgehead atoms. The first-order valence-corrected chi connectivity index (χ1v) is 6.27. The molecule has 2 aromatic rings. The fourth-order valence-electron chi connectivity index (χ4n) is 1.80. The molecule has 0 unspecified atom stereocenters. The van der Waals surface area contributed by atoms with E-state index in [2.05, 4.69) is 31.2 Å². The van der Waals surface area contributed by atoms with Gasteiger partial charge in [0.05, 0.1) is 11.8 Å². The summed E-state index contributed by atoms with van der Waals surface area (Å²) in [7, 11) is 1.79. The maximum atomic E-state index is 11.9. The molecule has 0 atom stereocenters. The van der Waals surface area contributed by atoms with Crippen molar-refractivity contribution in [2.24, 2.45) is 7.05 Å². The third-order valence-corrected chi connectivity index (χ3v) is 2.98. The van der Waals surface area contributed by atoms with Crippen LogP contribution < -0.4 is 5.32 Å². The number of carbonyl (C=O) groups is 1. The molecule has 0 radical (unpaired) electrons. The van der Waals surface area contributed by atoms with Crippen LogP contribution in [0.2, 0.25) is 0 Å². The summed E-state index contributed by atoms with van der Waals surface area (Å²) < 4.78 is 1.61. The van der Waals surface area contributed by atoms with E-state index in [4.69, 9.17) is 0 Å². The molecule has 0 aliphatic rings. The summed E-state index contributed by atoms with van der Waals surface area (Å²) in [6, 6.07) is 7.93. The van der Waals surface area contributed by atoms with Gasteiger partial charge >= 0.3 is 0 Å². The van der Waals surface area contributed by atoms with E-state index in [-0.39, 0.29) is 11.3 Å². The van der Waals surface area contributed by atoms with Crippen LogP contribution in [-0.4, -0.2) is 15.7 Å². The van der Waals surface area contributed by atoms with Gasteiger partial charge in [-0.15, -0.1) is 0 Å². The van der Waals surface area contributed by atoms with Gasteiger partial charge in [0.1, 0.15) is 0 Å². The van der Waals surface area contributed by atoms with Gasteiger partial charge in [0, 0.05) is 18.9 Å². The number of nitrogens with one attached hydrogen (secondary N) is 1. The standard InChI is InChI=1S/C15H19N3O/c1-15(2,3)12-5-7-13(8-6-12)17-14(19)11-9-16-18(4)10-11/h5-10H,1-4H3,(H,17,19). The Kier molecular flexibility index (Phi) is 3.42. The molecular weight excluding hydrogens is 238 g/mol. The number of amides is 1. The minimum absolute atomic E-state index is 0.117. The van der Waals surface area contributed by atoms with E-state index in [1.807, 2.05) is 24.3 Å². The van der Waals surface area contributed by atoms with E-state index < -0.39 is 0 Å². The van der Waals surface area contributed by atoms with Crippen molar-refractivity contribution in [1.82, 2.24) is 9.78 Å². The summed E-state index contributed by atoms with van der Waals surface area (Å²) in [5.41, 5.74) is 2.71. The van der Waals surface area contributed by atoms with Crippen molar-refractivity contribution in [3.63, 3.8) is 0 Å². The van der Waals surface area contributed by atoms with Gasteiger partial charge in [-0.25, -0.2) is 0 Å². The van der Waals surface area contributed by atoms with Gasteiger partial charge in [-0.1, -0.05) is 32.9 Å². The van der Waals surface area contributed by atoms with Gasteiger partial charge < -0.3 is 5.32 Å². The molecule has 1 amide bonds. The number of aromatic nitrogens is 2. The van der Waals surface area contributed by atoms with Crippen LogP contribution in [0.4, 0.5) is 5.69 Å². The van der Waals surface area contributed by atoms with Crippen molar-refractivity contribution in [3.8, 4) is 0 Å². The fourth-order valence-corrected chi connectivity index (χ4v) is 1.80. The van der Waals surface area contributed by atoms with Crippen LogP contribution in [0.3, 0.4) is 0 Å². The molecule has 2 rings (SSSR count). The first-order chi connectivity index (χ1) is 8.86. The van der Waals surface area contributed by atoms with Gasteiger partial charge in [0.15, 0.2) is 0 Å². The zero-order valence-corrected chi connectivity index (χ0v) is 11.8. The third-order valence-electron chi connectivity index (χ3n) is 2.98. The van der Waals surface area contributed by atoms with Crippen molar-refractivity contribution < 1.29 is 4.79 Å². The van der Waals surface area contributed by atoms with Gasteiger partial charge in [0.25, 0.3) is 5.91 Å². The van der Waals surface area contributed by atoms with Gasteiger partial charge in [-0.2, -0.15) is 5.10 Å². The monoisotopic (exact) mass is 257 g/mol. The Morgan fingerprint density at radius 3 is 2.32 bits per heavy atom.